The van der Waals surface area contributed by atoms with E-state index in [9.17, 15) is 31.6 Å². The third kappa shape index (κ3) is 5.68. The van der Waals surface area contributed by atoms with E-state index in [4.69, 9.17) is 4.74 Å². The number of hydrogen-bond acceptors (Lipinski definition) is 6. The van der Waals surface area contributed by atoms with E-state index < -0.39 is 55.2 Å². The average molecular weight is 562 g/mol. The molecule has 1 heterocycles. The molecule has 3 saturated carbocycles. The lowest BCUT2D eigenvalue weighted by atomic mass is 10.0. The molecule has 0 bridgehead atoms. The first-order valence-corrected chi connectivity index (χ1v) is 14.7. The van der Waals surface area contributed by atoms with Crippen molar-refractivity contribution < 1.29 is 31.1 Å². The monoisotopic (exact) mass is 561 g/mol. The third-order valence-electron chi connectivity index (χ3n) is 8.05. The largest absolute Gasteiger partial charge is 0.417 e. The fourth-order valence-electron chi connectivity index (χ4n) is 5.71. The minimum Gasteiger partial charge on any atom is -0.374 e. The molecule has 1 unspecified atom stereocenters. The Morgan fingerprint density at radius 3 is 2.44 bits per heavy atom. The van der Waals surface area contributed by atoms with Crippen LogP contribution in [-0.2, 0) is 25.5 Å². The Bertz CT molecular complexity index is 1410. The highest BCUT2D eigenvalue weighted by molar-refractivity contribution is 7.92. The molecular formula is C28H30F3N3O4S. The van der Waals surface area contributed by atoms with Gasteiger partial charge in [-0.25, -0.2) is 8.42 Å². The summed E-state index contributed by atoms with van der Waals surface area (Å²) >= 11 is 0. The second kappa shape index (κ2) is 10.2. The van der Waals surface area contributed by atoms with Crippen molar-refractivity contribution in [2.24, 2.45) is 5.92 Å². The van der Waals surface area contributed by atoms with E-state index in [0.717, 1.165) is 37.8 Å². The van der Waals surface area contributed by atoms with Crippen molar-refractivity contribution in [1.29, 1.82) is 5.26 Å². The summed E-state index contributed by atoms with van der Waals surface area (Å²) in [6.45, 7) is 1.71. The third-order valence-corrected chi connectivity index (χ3v) is 10.3. The fourth-order valence-corrected chi connectivity index (χ4v) is 7.71. The number of ether oxygens (including phenoxy) is 1. The van der Waals surface area contributed by atoms with Gasteiger partial charge in [0.1, 0.15) is 5.54 Å². The summed E-state index contributed by atoms with van der Waals surface area (Å²) < 4.78 is 76.4. The standard InChI is InChI=1S/C28H30F3N3O4S/c1-17-12-19(8-11-33-17)18-6-7-25(23(13-18)28(29,30)31)39(36,37)21-14-22(26(35)34-27(16-32)9-10-27)24(15-21)38-20-4-2-3-5-20/h6-8,11-13,20-22,24H,2-5,9-10,14-15H2,1H3,(H,34,35)/t21-,22-,24?/m1/s1. The zero-order chi connectivity index (χ0) is 28.0. The number of aromatic nitrogens is 1. The van der Waals surface area contributed by atoms with E-state index in [1.165, 1.54) is 12.3 Å². The molecule has 39 heavy (non-hydrogen) atoms. The Labute approximate surface area is 225 Å². The smallest absolute Gasteiger partial charge is 0.374 e. The molecule has 0 saturated heterocycles. The molecule has 3 fully saturated rings. The number of sulfone groups is 1. The zero-order valence-corrected chi connectivity index (χ0v) is 22.3. The maximum absolute atomic E-state index is 14.2. The predicted octanol–water partition coefficient (Wildman–Crippen LogP) is 5.13. The van der Waals surface area contributed by atoms with Crippen LogP contribution in [0.2, 0.25) is 0 Å². The molecule has 3 aliphatic rings. The van der Waals surface area contributed by atoms with E-state index in [1.807, 2.05) is 0 Å². The summed E-state index contributed by atoms with van der Waals surface area (Å²) in [7, 11) is -4.48. The minimum atomic E-state index is -4.92. The molecule has 3 atom stereocenters. The Morgan fingerprint density at radius 2 is 1.82 bits per heavy atom. The molecule has 5 rings (SSSR count). The van der Waals surface area contributed by atoms with Gasteiger partial charge in [-0.3, -0.25) is 9.78 Å². The molecule has 0 aliphatic heterocycles. The number of halogens is 3. The normalized spacial score (nSPS) is 24.8. The SMILES string of the molecule is Cc1cc(-c2ccc(S(=O)(=O)[C@H]3CC(OC4CCCC4)[C@H](C(=O)NC4(C#N)CC4)C3)c(C(F)(F)F)c2)ccn1. The lowest BCUT2D eigenvalue weighted by molar-refractivity contribution is -0.139. The van der Waals surface area contributed by atoms with Crippen LogP contribution in [0.4, 0.5) is 13.2 Å². The van der Waals surface area contributed by atoms with Gasteiger partial charge in [0.05, 0.1) is 39.9 Å². The molecular weight excluding hydrogens is 531 g/mol. The molecule has 1 amide bonds. The van der Waals surface area contributed by atoms with Crippen LogP contribution in [0.15, 0.2) is 41.4 Å². The van der Waals surface area contributed by atoms with Crippen LogP contribution < -0.4 is 5.32 Å². The number of carbonyl (C=O) groups is 1. The molecule has 3 aliphatic carbocycles. The molecule has 0 spiro atoms. The molecule has 208 valence electrons. The summed E-state index contributed by atoms with van der Waals surface area (Å²) in [5, 5.41) is 10.9. The summed E-state index contributed by atoms with van der Waals surface area (Å²) in [4.78, 5) is 16.4. The van der Waals surface area contributed by atoms with Crippen LogP contribution in [0.3, 0.4) is 0 Å². The first kappa shape index (κ1) is 27.6. The van der Waals surface area contributed by atoms with E-state index in [-0.39, 0.29) is 24.5 Å². The van der Waals surface area contributed by atoms with E-state index >= 15 is 0 Å². The quantitative estimate of drug-likeness (QED) is 0.502. The van der Waals surface area contributed by atoms with Gasteiger partial charge in [-0.05, 0) is 80.8 Å². The van der Waals surface area contributed by atoms with E-state index in [1.54, 1.807) is 19.1 Å². The lowest BCUT2D eigenvalue weighted by Crippen LogP contribution is -2.43. The van der Waals surface area contributed by atoms with Gasteiger partial charge in [0, 0.05) is 11.9 Å². The first-order chi connectivity index (χ1) is 18.4. The van der Waals surface area contributed by atoms with Crippen LogP contribution in [0, 0.1) is 24.2 Å². The average Bonchev–Trinajstić information content (AvgIpc) is 3.25. The highest BCUT2D eigenvalue weighted by Crippen LogP contribution is 2.44. The topological polar surface area (TPSA) is 109 Å². The second-order valence-corrected chi connectivity index (χ2v) is 13.1. The Hall–Kier alpha value is -2.97. The number of aryl methyl sites for hydroxylation is 1. The van der Waals surface area contributed by atoms with Gasteiger partial charge in [-0.1, -0.05) is 18.9 Å². The minimum absolute atomic E-state index is 0.0843. The van der Waals surface area contributed by atoms with Crippen molar-refractivity contribution in [2.75, 3.05) is 0 Å². The Kier molecular flexibility index (Phi) is 7.22. The summed E-state index contributed by atoms with van der Waals surface area (Å²) in [5.74, 6) is -1.35. The molecule has 1 N–H and O–H groups in total. The van der Waals surface area contributed by atoms with Crippen molar-refractivity contribution in [2.45, 2.75) is 92.4 Å². The van der Waals surface area contributed by atoms with Crippen molar-refractivity contribution in [1.82, 2.24) is 10.3 Å². The molecule has 7 nitrogen and oxygen atoms in total. The number of rotatable bonds is 7. The van der Waals surface area contributed by atoms with Gasteiger partial charge in [0.15, 0.2) is 9.84 Å². The van der Waals surface area contributed by atoms with Crippen molar-refractivity contribution in [3.8, 4) is 17.2 Å². The zero-order valence-electron chi connectivity index (χ0n) is 21.5. The lowest BCUT2D eigenvalue weighted by Gasteiger charge is -2.24. The number of nitriles is 1. The maximum atomic E-state index is 14.2. The molecule has 1 aromatic heterocycles. The van der Waals surface area contributed by atoms with Crippen LogP contribution in [0.5, 0.6) is 0 Å². The van der Waals surface area contributed by atoms with Gasteiger partial charge in [-0.15, -0.1) is 0 Å². The number of benzene rings is 1. The van der Waals surface area contributed by atoms with Crippen LogP contribution in [0.25, 0.3) is 11.1 Å². The van der Waals surface area contributed by atoms with E-state index in [2.05, 4.69) is 16.4 Å². The summed E-state index contributed by atoms with van der Waals surface area (Å²) in [5.41, 5.74) is -0.853. The number of carbonyl (C=O) groups excluding carboxylic acids is 1. The summed E-state index contributed by atoms with van der Waals surface area (Å²) in [6, 6.07) is 8.52. The number of nitrogens with zero attached hydrogens (tertiary/aromatic N) is 2. The summed E-state index contributed by atoms with van der Waals surface area (Å²) in [6.07, 6.45) is -0.0343. The van der Waals surface area contributed by atoms with Gasteiger partial charge in [0.2, 0.25) is 5.91 Å². The second-order valence-electron chi connectivity index (χ2n) is 10.9. The predicted molar refractivity (Wildman–Crippen MR) is 136 cm³/mol. The Morgan fingerprint density at radius 1 is 1.13 bits per heavy atom. The maximum Gasteiger partial charge on any atom is 0.417 e. The number of pyridine rings is 1. The molecule has 2 aromatic rings. The number of amides is 1. The van der Waals surface area contributed by atoms with Crippen LogP contribution in [0.1, 0.15) is 62.6 Å². The highest BCUT2D eigenvalue weighted by Gasteiger charge is 2.51. The number of hydrogen-bond donors (Lipinski definition) is 1. The number of alkyl halides is 3. The highest BCUT2D eigenvalue weighted by atomic mass is 32.2. The van der Waals surface area contributed by atoms with Gasteiger partial charge < -0.3 is 10.1 Å². The molecule has 0 radical (unpaired) electrons. The molecule has 11 heteroatoms. The first-order valence-electron chi connectivity index (χ1n) is 13.2. The van der Waals surface area contributed by atoms with Gasteiger partial charge >= 0.3 is 6.18 Å². The van der Waals surface area contributed by atoms with E-state index in [0.29, 0.717) is 24.1 Å². The van der Waals surface area contributed by atoms with Crippen LogP contribution >= 0.6 is 0 Å². The van der Waals surface area contributed by atoms with Crippen molar-refractivity contribution in [3.05, 3.63) is 47.8 Å². The van der Waals surface area contributed by atoms with Gasteiger partial charge in [0.25, 0.3) is 0 Å². The van der Waals surface area contributed by atoms with Crippen molar-refractivity contribution in [3.63, 3.8) is 0 Å². The van der Waals surface area contributed by atoms with Crippen LogP contribution in [-0.4, -0.2) is 42.3 Å². The van der Waals surface area contributed by atoms with Gasteiger partial charge in [-0.2, -0.15) is 18.4 Å². The fraction of sp³-hybridized carbons (Fsp3) is 0.536. The Balaban J connectivity index is 1.47. The van der Waals surface area contributed by atoms with Crippen molar-refractivity contribution >= 4 is 15.7 Å². The molecule has 1 aromatic carbocycles. The number of nitrogens with one attached hydrogen (secondary N) is 1.